The number of carboxylic acid groups (broad SMARTS) is 1. The lowest BCUT2D eigenvalue weighted by atomic mass is 10.1. The molecule has 1 heterocycles. The molecule has 2 aromatic rings. The summed E-state index contributed by atoms with van der Waals surface area (Å²) in [5.41, 5.74) is 1.60. The van der Waals surface area contributed by atoms with E-state index in [2.05, 4.69) is 22.0 Å². The Morgan fingerprint density at radius 2 is 2.29 bits per heavy atom. The van der Waals surface area contributed by atoms with Crippen LogP contribution in [0.3, 0.4) is 0 Å². The molecule has 0 unspecified atom stereocenters. The number of anilines is 1. The molecule has 1 N–H and O–H groups in total. The monoisotopic (exact) mass is 385 g/mol. The Labute approximate surface area is 140 Å². The van der Waals surface area contributed by atoms with Crippen LogP contribution in [-0.2, 0) is 11.3 Å². The standard InChI is InChI=1S/C15H13BrClNO2S/c1-18(8-12-7-11(16)9-21-12)15-10(5-6-14(19)20)3-2-4-13(15)17/h2-7,9H,8H2,1H3,(H,19,20)/b6-5+. The van der Waals surface area contributed by atoms with Crippen LogP contribution in [0.1, 0.15) is 10.4 Å². The van der Waals surface area contributed by atoms with Gasteiger partial charge in [-0.25, -0.2) is 4.79 Å². The van der Waals surface area contributed by atoms with Crippen molar-refractivity contribution in [3.8, 4) is 0 Å². The van der Waals surface area contributed by atoms with Gasteiger partial charge >= 0.3 is 5.97 Å². The van der Waals surface area contributed by atoms with Crippen molar-refractivity contribution in [2.45, 2.75) is 6.54 Å². The first-order valence-corrected chi connectivity index (χ1v) is 8.16. The van der Waals surface area contributed by atoms with Gasteiger partial charge in [0.05, 0.1) is 17.3 Å². The van der Waals surface area contributed by atoms with E-state index >= 15 is 0 Å². The normalized spacial score (nSPS) is 11.0. The van der Waals surface area contributed by atoms with Crippen LogP contribution in [0.15, 0.2) is 40.2 Å². The highest BCUT2D eigenvalue weighted by atomic mass is 79.9. The van der Waals surface area contributed by atoms with Gasteiger partial charge in [-0.1, -0.05) is 23.7 Å². The summed E-state index contributed by atoms with van der Waals surface area (Å²) in [6.45, 7) is 0.702. The number of carboxylic acids is 1. The number of para-hydroxylation sites is 1. The Bertz CT molecular complexity index is 684. The maximum absolute atomic E-state index is 10.7. The lowest BCUT2D eigenvalue weighted by Gasteiger charge is -2.22. The molecular weight excluding hydrogens is 374 g/mol. The zero-order valence-electron chi connectivity index (χ0n) is 11.2. The van der Waals surface area contributed by atoms with E-state index in [1.165, 1.54) is 4.88 Å². The second kappa shape index (κ2) is 7.11. The molecule has 0 radical (unpaired) electrons. The van der Waals surface area contributed by atoms with E-state index in [0.717, 1.165) is 21.8 Å². The van der Waals surface area contributed by atoms with Gasteiger partial charge in [0.25, 0.3) is 0 Å². The van der Waals surface area contributed by atoms with Crippen molar-refractivity contribution >= 4 is 56.6 Å². The van der Waals surface area contributed by atoms with Crippen LogP contribution in [0, 0.1) is 0 Å². The smallest absolute Gasteiger partial charge is 0.328 e. The van der Waals surface area contributed by atoms with Gasteiger partial charge < -0.3 is 10.0 Å². The molecule has 1 aromatic heterocycles. The van der Waals surface area contributed by atoms with Gasteiger partial charge in [-0.2, -0.15) is 0 Å². The van der Waals surface area contributed by atoms with Crippen LogP contribution in [-0.4, -0.2) is 18.1 Å². The Morgan fingerprint density at radius 1 is 1.52 bits per heavy atom. The van der Waals surface area contributed by atoms with Crippen molar-refractivity contribution in [2.75, 3.05) is 11.9 Å². The molecule has 1 aromatic carbocycles. The number of aliphatic carboxylic acids is 1. The number of hydrogen-bond donors (Lipinski definition) is 1. The van der Waals surface area contributed by atoms with Crippen molar-refractivity contribution in [2.24, 2.45) is 0 Å². The number of halogens is 2. The third kappa shape index (κ3) is 4.33. The molecule has 0 bridgehead atoms. The topological polar surface area (TPSA) is 40.5 Å². The third-order valence-electron chi connectivity index (χ3n) is 2.82. The molecule has 6 heteroatoms. The van der Waals surface area contributed by atoms with Crippen molar-refractivity contribution < 1.29 is 9.90 Å². The number of nitrogens with zero attached hydrogens (tertiary/aromatic N) is 1. The van der Waals surface area contributed by atoms with Crippen LogP contribution < -0.4 is 4.90 Å². The molecule has 0 saturated carbocycles. The molecule has 0 saturated heterocycles. The summed E-state index contributed by atoms with van der Waals surface area (Å²) < 4.78 is 1.06. The molecule has 0 amide bonds. The first-order valence-electron chi connectivity index (χ1n) is 6.11. The summed E-state index contributed by atoms with van der Waals surface area (Å²) in [4.78, 5) is 13.9. The lowest BCUT2D eigenvalue weighted by Crippen LogP contribution is -2.17. The summed E-state index contributed by atoms with van der Waals surface area (Å²) in [5, 5.41) is 11.4. The highest BCUT2D eigenvalue weighted by Gasteiger charge is 2.12. The molecule has 0 atom stereocenters. The molecule has 110 valence electrons. The van der Waals surface area contributed by atoms with E-state index in [9.17, 15) is 4.79 Å². The van der Waals surface area contributed by atoms with Gasteiger partial charge in [0, 0.05) is 27.9 Å². The molecule has 0 aliphatic carbocycles. The van der Waals surface area contributed by atoms with E-state index in [1.807, 2.05) is 29.5 Å². The average Bonchev–Trinajstić information content (AvgIpc) is 2.81. The molecule has 21 heavy (non-hydrogen) atoms. The second-order valence-electron chi connectivity index (χ2n) is 4.44. The van der Waals surface area contributed by atoms with E-state index in [4.69, 9.17) is 16.7 Å². The van der Waals surface area contributed by atoms with Gasteiger partial charge in [0.15, 0.2) is 0 Å². The van der Waals surface area contributed by atoms with Gasteiger partial charge in [-0.15, -0.1) is 11.3 Å². The number of benzene rings is 1. The number of rotatable bonds is 5. The summed E-state index contributed by atoms with van der Waals surface area (Å²) >= 11 is 11.4. The SMILES string of the molecule is CN(Cc1cc(Br)cs1)c1c(Cl)cccc1/C=C/C(=O)O. The number of thiophene rings is 1. The maximum Gasteiger partial charge on any atom is 0.328 e. The molecule has 0 aliphatic heterocycles. The first kappa shape index (κ1) is 16.1. The Balaban J connectivity index is 2.30. The van der Waals surface area contributed by atoms with Gasteiger partial charge in [0.2, 0.25) is 0 Å². The Hall–Kier alpha value is -1.30. The summed E-state index contributed by atoms with van der Waals surface area (Å²) in [5.74, 6) is -0.981. The molecule has 0 aliphatic rings. The molecule has 0 spiro atoms. The van der Waals surface area contributed by atoms with Crippen molar-refractivity contribution in [1.29, 1.82) is 0 Å². The molecular formula is C15H13BrClNO2S. The Morgan fingerprint density at radius 3 is 2.90 bits per heavy atom. The Kier molecular flexibility index (Phi) is 5.45. The number of carbonyl (C=O) groups is 1. The predicted octanol–water partition coefficient (Wildman–Crippen LogP) is 4.90. The van der Waals surface area contributed by atoms with E-state index in [1.54, 1.807) is 23.5 Å². The minimum absolute atomic E-state index is 0.598. The zero-order valence-corrected chi connectivity index (χ0v) is 14.4. The third-order valence-corrected chi connectivity index (χ3v) is 4.81. The van der Waals surface area contributed by atoms with Crippen molar-refractivity contribution in [3.63, 3.8) is 0 Å². The fourth-order valence-electron chi connectivity index (χ4n) is 1.98. The fourth-order valence-corrected chi connectivity index (χ4v) is 3.81. The van der Waals surface area contributed by atoms with Crippen LogP contribution in [0.25, 0.3) is 6.08 Å². The van der Waals surface area contributed by atoms with Gasteiger partial charge in [-0.3, -0.25) is 0 Å². The van der Waals surface area contributed by atoms with Gasteiger partial charge in [-0.05, 0) is 39.7 Å². The fraction of sp³-hybridized carbons (Fsp3) is 0.133. The van der Waals surface area contributed by atoms with E-state index < -0.39 is 5.97 Å². The molecule has 3 nitrogen and oxygen atoms in total. The largest absolute Gasteiger partial charge is 0.478 e. The van der Waals surface area contributed by atoms with E-state index in [-0.39, 0.29) is 0 Å². The average molecular weight is 387 g/mol. The predicted molar refractivity (Wildman–Crippen MR) is 92.2 cm³/mol. The number of hydrogen-bond acceptors (Lipinski definition) is 3. The van der Waals surface area contributed by atoms with Crippen LogP contribution in [0.4, 0.5) is 5.69 Å². The summed E-state index contributed by atoms with van der Waals surface area (Å²) in [7, 11) is 1.94. The quantitative estimate of drug-likeness (QED) is 0.743. The van der Waals surface area contributed by atoms with Gasteiger partial charge in [0.1, 0.15) is 0 Å². The van der Waals surface area contributed by atoms with Crippen LogP contribution >= 0.6 is 38.9 Å². The van der Waals surface area contributed by atoms with Crippen LogP contribution in [0.5, 0.6) is 0 Å². The van der Waals surface area contributed by atoms with Crippen molar-refractivity contribution in [3.05, 3.63) is 55.7 Å². The summed E-state index contributed by atoms with van der Waals surface area (Å²) in [6, 6.07) is 7.52. The minimum Gasteiger partial charge on any atom is -0.478 e. The molecule has 0 fully saturated rings. The molecule has 2 rings (SSSR count). The van der Waals surface area contributed by atoms with Crippen LogP contribution in [0.2, 0.25) is 5.02 Å². The van der Waals surface area contributed by atoms with Crippen molar-refractivity contribution in [1.82, 2.24) is 0 Å². The highest BCUT2D eigenvalue weighted by molar-refractivity contribution is 9.10. The highest BCUT2D eigenvalue weighted by Crippen LogP contribution is 2.32. The maximum atomic E-state index is 10.7. The first-order chi connectivity index (χ1) is 9.97. The van der Waals surface area contributed by atoms with E-state index in [0.29, 0.717) is 11.6 Å². The second-order valence-corrected chi connectivity index (χ2v) is 6.76. The zero-order chi connectivity index (χ0) is 15.4. The summed E-state index contributed by atoms with van der Waals surface area (Å²) in [6.07, 6.45) is 2.68. The lowest BCUT2D eigenvalue weighted by molar-refractivity contribution is -0.131. The minimum atomic E-state index is -0.981.